The van der Waals surface area contributed by atoms with Crippen LogP contribution in [0.25, 0.3) is 0 Å². The second-order valence-electron chi connectivity index (χ2n) is 8.79. The van der Waals surface area contributed by atoms with E-state index >= 15 is 0 Å². The quantitative estimate of drug-likeness (QED) is 0.317. The summed E-state index contributed by atoms with van der Waals surface area (Å²) >= 11 is 1.08. The molecule has 3 aromatic carbocycles. The van der Waals surface area contributed by atoms with E-state index in [-0.39, 0.29) is 16.7 Å². The average molecular weight is 549 g/mol. The molecule has 0 amide bonds. The molecule has 6 atom stereocenters. The van der Waals surface area contributed by atoms with Crippen LogP contribution in [0.2, 0.25) is 0 Å². The first-order valence-corrected chi connectivity index (χ1v) is 13.1. The van der Waals surface area contributed by atoms with Crippen LogP contribution in [0, 0.1) is 0 Å². The fourth-order valence-electron chi connectivity index (χ4n) is 4.32. The van der Waals surface area contributed by atoms with Gasteiger partial charge in [-0.05, 0) is 36.4 Å². The Morgan fingerprint density at radius 2 is 1.00 bits per heavy atom. The number of benzene rings is 3. The van der Waals surface area contributed by atoms with Gasteiger partial charge in [0.05, 0.1) is 16.7 Å². The highest BCUT2D eigenvalue weighted by Gasteiger charge is 2.61. The summed E-state index contributed by atoms with van der Waals surface area (Å²) in [6, 6.07) is 24.8. The normalized spacial score (nSPS) is 25.3. The van der Waals surface area contributed by atoms with E-state index in [1.165, 1.54) is 6.92 Å². The smallest absolute Gasteiger partial charge is 0.338 e. The summed E-state index contributed by atoms with van der Waals surface area (Å²) in [7, 11) is 0. The van der Waals surface area contributed by atoms with Crippen LogP contribution in [-0.2, 0) is 28.5 Å². The van der Waals surface area contributed by atoms with Crippen LogP contribution >= 0.6 is 11.8 Å². The fourth-order valence-corrected chi connectivity index (χ4v) is 5.71. The lowest BCUT2D eigenvalue weighted by atomic mass is 9.99. The van der Waals surface area contributed by atoms with Crippen LogP contribution in [0.3, 0.4) is 0 Å². The topological polar surface area (TPSA) is 114 Å². The van der Waals surface area contributed by atoms with Crippen molar-refractivity contribution in [2.45, 2.75) is 42.2 Å². The van der Waals surface area contributed by atoms with E-state index in [0.29, 0.717) is 0 Å². The van der Waals surface area contributed by atoms with Crippen molar-refractivity contribution in [2.24, 2.45) is 0 Å². The molecule has 39 heavy (non-hydrogen) atoms. The van der Waals surface area contributed by atoms with Crippen molar-refractivity contribution in [3.8, 4) is 0 Å². The van der Waals surface area contributed by atoms with Crippen LogP contribution in [0.1, 0.15) is 38.0 Å². The Morgan fingerprint density at radius 3 is 1.44 bits per heavy atom. The molecular weight excluding hydrogens is 524 g/mol. The number of carbonyl (C=O) groups is 4. The first kappa shape index (κ1) is 26.5. The monoisotopic (exact) mass is 548 g/mol. The van der Waals surface area contributed by atoms with Gasteiger partial charge in [0.1, 0.15) is 11.5 Å². The van der Waals surface area contributed by atoms with E-state index in [1.54, 1.807) is 91.0 Å². The van der Waals surface area contributed by atoms with Crippen molar-refractivity contribution in [1.82, 2.24) is 0 Å². The number of rotatable bonds is 7. The number of fused-ring (bicyclic) bond motifs is 2. The van der Waals surface area contributed by atoms with Crippen molar-refractivity contribution < 1.29 is 42.9 Å². The highest BCUT2D eigenvalue weighted by atomic mass is 32.2. The Bertz CT molecular complexity index is 1330. The predicted molar refractivity (Wildman–Crippen MR) is 139 cm³/mol. The van der Waals surface area contributed by atoms with Crippen molar-refractivity contribution in [3.05, 3.63) is 108 Å². The number of thioether (sulfide) groups is 1. The third-order valence-electron chi connectivity index (χ3n) is 6.11. The molecule has 0 spiro atoms. The molecule has 2 bridgehead atoms. The molecule has 2 fully saturated rings. The van der Waals surface area contributed by atoms with Gasteiger partial charge < -0.3 is 23.7 Å². The molecule has 9 nitrogen and oxygen atoms in total. The van der Waals surface area contributed by atoms with E-state index < -0.39 is 59.2 Å². The van der Waals surface area contributed by atoms with Gasteiger partial charge in [0.2, 0.25) is 0 Å². The molecular formula is C29H24O9S. The zero-order chi connectivity index (χ0) is 27.4. The van der Waals surface area contributed by atoms with Crippen LogP contribution < -0.4 is 0 Å². The number of esters is 4. The van der Waals surface area contributed by atoms with Gasteiger partial charge in [0.25, 0.3) is 0 Å². The first-order chi connectivity index (χ1) is 18.9. The first-order valence-electron chi connectivity index (χ1n) is 12.2. The Labute approximate surface area is 228 Å². The average Bonchev–Trinajstić information content (AvgIpc) is 3.32. The van der Waals surface area contributed by atoms with Crippen molar-refractivity contribution in [1.29, 1.82) is 0 Å². The molecule has 3 aromatic rings. The van der Waals surface area contributed by atoms with Crippen molar-refractivity contribution >= 4 is 35.6 Å². The predicted octanol–water partition coefficient (Wildman–Crippen LogP) is 4.02. The number of carbonyl (C=O) groups excluding carboxylic acids is 4. The molecule has 2 saturated heterocycles. The Balaban J connectivity index is 1.51. The largest absolute Gasteiger partial charge is 0.452 e. The standard InChI is InChI=1S/C29H24O9S/c1-17(30)34-28-24-22(36-26(32)19-13-7-3-8-14-19)21(35-25(31)18-11-5-2-6-12-18)23(29(38-24)39-28)37-27(33)20-15-9-4-10-16-20/h2-16,21-24,28-29H,1H3/t21-,22-,23+,24-,28+,29-/m0/s1. The third-order valence-corrected chi connectivity index (χ3v) is 7.39. The van der Waals surface area contributed by atoms with Gasteiger partial charge in [0, 0.05) is 6.92 Å². The molecule has 2 aliphatic rings. The molecule has 10 heteroatoms. The van der Waals surface area contributed by atoms with Gasteiger partial charge in [0.15, 0.2) is 23.7 Å². The molecule has 5 rings (SSSR count). The van der Waals surface area contributed by atoms with Crippen LogP contribution in [-0.4, -0.2) is 59.2 Å². The SMILES string of the molecule is CC(=O)O[C@@H]1S[C@@H]2O[C@H]1[C@@H](OC(=O)c1ccccc1)[C@H](OC(=O)c1ccccc1)[C@H]2OC(=O)c1ccccc1. The van der Waals surface area contributed by atoms with Gasteiger partial charge in [-0.25, -0.2) is 14.4 Å². The number of ether oxygens (including phenoxy) is 5. The zero-order valence-corrected chi connectivity index (χ0v) is 21.5. The molecule has 2 heterocycles. The summed E-state index contributed by atoms with van der Waals surface area (Å²) < 4.78 is 29.1. The lowest BCUT2D eigenvalue weighted by Crippen LogP contribution is -2.59. The Hall–Kier alpha value is -4.15. The summed E-state index contributed by atoms with van der Waals surface area (Å²) in [4.78, 5) is 51.2. The van der Waals surface area contributed by atoms with Gasteiger partial charge in [-0.1, -0.05) is 66.4 Å². The van der Waals surface area contributed by atoms with Crippen molar-refractivity contribution in [3.63, 3.8) is 0 Å². The summed E-state index contributed by atoms with van der Waals surface area (Å²) in [6.45, 7) is 1.24. The molecule has 0 unspecified atom stereocenters. The van der Waals surface area contributed by atoms with E-state index in [1.807, 2.05) is 0 Å². The third kappa shape index (κ3) is 5.97. The fraction of sp³-hybridized carbons (Fsp3) is 0.241. The molecule has 0 N–H and O–H groups in total. The molecule has 2 aliphatic heterocycles. The lowest BCUT2D eigenvalue weighted by Gasteiger charge is -2.40. The van der Waals surface area contributed by atoms with Gasteiger partial charge >= 0.3 is 23.9 Å². The van der Waals surface area contributed by atoms with Gasteiger partial charge in [-0.2, -0.15) is 0 Å². The van der Waals surface area contributed by atoms with Crippen LogP contribution in [0.4, 0.5) is 0 Å². The molecule has 0 radical (unpaired) electrons. The van der Waals surface area contributed by atoms with E-state index in [4.69, 9.17) is 23.7 Å². The van der Waals surface area contributed by atoms with Gasteiger partial charge in [-0.3, -0.25) is 4.79 Å². The second kappa shape index (κ2) is 11.7. The lowest BCUT2D eigenvalue weighted by molar-refractivity contribution is -0.204. The maximum Gasteiger partial charge on any atom is 0.338 e. The summed E-state index contributed by atoms with van der Waals surface area (Å²) in [6.07, 6.45) is -4.72. The minimum atomic E-state index is -1.27. The van der Waals surface area contributed by atoms with E-state index in [9.17, 15) is 19.2 Å². The molecule has 0 saturated carbocycles. The van der Waals surface area contributed by atoms with Crippen LogP contribution in [0.15, 0.2) is 91.0 Å². The van der Waals surface area contributed by atoms with E-state index in [2.05, 4.69) is 0 Å². The Morgan fingerprint density at radius 1 is 0.590 bits per heavy atom. The highest BCUT2D eigenvalue weighted by molar-refractivity contribution is 8.00. The summed E-state index contributed by atoms with van der Waals surface area (Å²) in [5.41, 5.74) is -1.00. The maximum atomic E-state index is 13.2. The highest BCUT2D eigenvalue weighted by Crippen LogP contribution is 2.46. The van der Waals surface area contributed by atoms with Gasteiger partial charge in [-0.15, -0.1) is 0 Å². The number of hydrogen-bond donors (Lipinski definition) is 0. The maximum absolute atomic E-state index is 13.2. The summed E-state index contributed by atoms with van der Waals surface area (Å²) in [5.74, 6) is -2.69. The van der Waals surface area contributed by atoms with Crippen LogP contribution in [0.5, 0.6) is 0 Å². The van der Waals surface area contributed by atoms with Crippen molar-refractivity contribution in [2.75, 3.05) is 0 Å². The zero-order valence-electron chi connectivity index (χ0n) is 20.7. The molecule has 200 valence electrons. The minimum Gasteiger partial charge on any atom is -0.452 e. The van der Waals surface area contributed by atoms with E-state index in [0.717, 1.165) is 11.8 Å². The second-order valence-corrected chi connectivity index (χ2v) is 9.99. The Kier molecular flexibility index (Phi) is 7.94. The molecule has 0 aromatic heterocycles. The number of hydrogen-bond acceptors (Lipinski definition) is 10. The minimum absolute atomic E-state index is 0.250. The molecule has 0 aliphatic carbocycles. The summed E-state index contributed by atoms with van der Waals surface area (Å²) in [5, 5.41) is 0.